The van der Waals surface area contributed by atoms with E-state index < -0.39 is 11.8 Å². The zero-order valence-corrected chi connectivity index (χ0v) is 17.0. The minimum absolute atomic E-state index is 0.0664. The molecular formula is C24H27NO3. The molecule has 1 aliphatic carbocycles. The van der Waals surface area contributed by atoms with E-state index in [1.165, 1.54) is 0 Å². The van der Waals surface area contributed by atoms with Gasteiger partial charge < -0.3 is 5.32 Å². The molecule has 0 bridgehead atoms. The lowest BCUT2D eigenvalue weighted by molar-refractivity contribution is -0.128. The second kappa shape index (κ2) is 8.09. The normalized spacial score (nSPS) is 19.1. The monoisotopic (exact) mass is 377 g/mol. The number of amides is 1. The molecule has 1 amide bonds. The van der Waals surface area contributed by atoms with Crippen molar-refractivity contribution in [1.82, 2.24) is 5.32 Å². The number of nitrogens with one attached hydrogen (secondary N) is 1. The van der Waals surface area contributed by atoms with E-state index in [9.17, 15) is 14.4 Å². The van der Waals surface area contributed by atoms with Gasteiger partial charge in [0.1, 0.15) is 11.7 Å². The van der Waals surface area contributed by atoms with Crippen LogP contribution in [0.4, 0.5) is 0 Å². The van der Waals surface area contributed by atoms with Gasteiger partial charge in [0.15, 0.2) is 5.78 Å². The van der Waals surface area contributed by atoms with Gasteiger partial charge in [-0.25, -0.2) is 0 Å². The fraction of sp³-hybridized carbons (Fsp3) is 0.375. The third-order valence-corrected chi connectivity index (χ3v) is 5.53. The highest BCUT2D eigenvalue weighted by molar-refractivity contribution is 6.15. The lowest BCUT2D eigenvalue weighted by Gasteiger charge is -2.16. The predicted molar refractivity (Wildman–Crippen MR) is 109 cm³/mol. The molecule has 0 saturated heterocycles. The first-order chi connectivity index (χ1) is 13.3. The molecule has 0 heterocycles. The van der Waals surface area contributed by atoms with Gasteiger partial charge in [-0.3, -0.25) is 14.4 Å². The molecule has 28 heavy (non-hydrogen) atoms. The number of aryl methyl sites for hydroxylation is 4. The Bertz CT molecular complexity index is 904. The molecule has 1 saturated carbocycles. The van der Waals surface area contributed by atoms with Gasteiger partial charge in [-0.2, -0.15) is 0 Å². The third kappa shape index (κ3) is 4.22. The van der Waals surface area contributed by atoms with E-state index in [1.54, 1.807) is 0 Å². The van der Waals surface area contributed by atoms with Crippen LogP contribution in [0.5, 0.6) is 0 Å². The number of rotatable bonds is 5. The molecule has 2 atom stereocenters. The van der Waals surface area contributed by atoms with Crippen LogP contribution in [0.1, 0.15) is 52.1 Å². The number of hydrogen-bond donors (Lipinski definition) is 1. The molecule has 1 N–H and O–H groups in total. The zero-order valence-electron chi connectivity index (χ0n) is 17.0. The lowest BCUT2D eigenvalue weighted by Crippen LogP contribution is -2.27. The van der Waals surface area contributed by atoms with Gasteiger partial charge in [-0.1, -0.05) is 47.5 Å². The van der Waals surface area contributed by atoms with Crippen molar-refractivity contribution in [3.63, 3.8) is 0 Å². The number of carbonyl (C=O) groups is 3. The molecule has 0 spiro atoms. The summed E-state index contributed by atoms with van der Waals surface area (Å²) >= 11 is 0. The number of hydrogen-bond acceptors (Lipinski definition) is 3. The Balaban J connectivity index is 1.66. The maximum absolute atomic E-state index is 13.0. The fourth-order valence-electron chi connectivity index (χ4n) is 4.18. The standard InChI is InChI=1S/C24H27NO3/c1-14-5-7-18(8-6-14)13-25-21(27)12-19-11-20(26)23(24(19)28)22-16(3)9-15(2)10-17(22)4/h5-10,19,23H,11-13H2,1-4H3,(H,25,27). The second-order valence-electron chi connectivity index (χ2n) is 7.98. The summed E-state index contributed by atoms with van der Waals surface area (Å²) in [6.07, 6.45) is 0.213. The Kier molecular flexibility index (Phi) is 5.78. The van der Waals surface area contributed by atoms with Crippen LogP contribution in [0, 0.1) is 33.6 Å². The van der Waals surface area contributed by atoms with Crippen LogP contribution in [0.15, 0.2) is 36.4 Å². The number of Topliss-reactive ketones (excluding diaryl/α,β-unsaturated/α-hetero) is 2. The highest BCUT2D eigenvalue weighted by atomic mass is 16.2. The number of carbonyl (C=O) groups excluding carboxylic acids is 3. The first kappa shape index (κ1) is 20.0. The molecule has 4 heteroatoms. The summed E-state index contributed by atoms with van der Waals surface area (Å²) in [5, 5.41) is 2.86. The molecule has 2 aromatic carbocycles. The highest BCUT2D eigenvalue weighted by Crippen LogP contribution is 2.37. The first-order valence-corrected chi connectivity index (χ1v) is 9.72. The van der Waals surface area contributed by atoms with Crippen molar-refractivity contribution in [3.8, 4) is 0 Å². The van der Waals surface area contributed by atoms with E-state index >= 15 is 0 Å². The van der Waals surface area contributed by atoms with Crippen LogP contribution in [-0.4, -0.2) is 17.5 Å². The predicted octanol–water partition coefficient (Wildman–Crippen LogP) is 3.87. The summed E-state index contributed by atoms with van der Waals surface area (Å²) in [4.78, 5) is 37.9. The highest BCUT2D eigenvalue weighted by Gasteiger charge is 2.43. The second-order valence-corrected chi connectivity index (χ2v) is 7.98. The van der Waals surface area contributed by atoms with Crippen LogP contribution in [-0.2, 0) is 20.9 Å². The summed E-state index contributed by atoms with van der Waals surface area (Å²) in [6, 6.07) is 11.9. The average molecular weight is 377 g/mol. The Morgan fingerprint density at radius 1 is 0.964 bits per heavy atom. The van der Waals surface area contributed by atoms with Crippen LogP contribution < -0.4 is 5.32 Å². The topological polar surface area (TPSA) is 63.2 Å². The molecule has 4 nitrogen and oxygen atoms in total. The van der Waals surface area contributed by atoms with E-state index in [-0.39, 0.29) is 30.3 Å². The summed E-state index contributed by atoms with van der Waals surface area (Å²) in [6.45, 7) is 8.32. The molecule has 1 fully saturated rings. The Morgan fingerprint density at radius 3 is 2.18 bits per heavy atom. The Hall–Kier alpha value is -2.75. The van der Waals surface area contributed by atoms with Crippen molar-refractivity contribution < 1.29 is 14.4 Å². The van der Waals surface area contributed by atoms with Crippen molar-refractivity contribution in [2.45, 2.75) is 53.0 Å². The van der Waals surface area contributed by atoms with Crippen LogP contribution >= 0.6 is 0 Å². The molecule has 1 aliphatic rings. The molecule has 146 valence electrons. The maximum atomic E-state index is 13.0. The molecule has 2 unspecified atom stereocenters. The van der Waals surface area contributed by atoms with Crippen molar-refractivity contribution in [1.29, 1.82) is 0 Å². The molecule has 0 aliphatic heterocycles. The van der Waals surface area contributed by atoms with Gasteiger partial charge in [0.05, 0.1) is 0 Å². The van der Waals surface area contributed by atoms with Crippen molar-refractivity contribution >= 4 is 17.5 Å². The molecule has 0 radical (unpaired) electrons. The molecule has 3 rings (SSSR count). The van der Waals surface area contributed by atoms with E-state index in [2.05, 4.69) is 5.32 Å². The third-order valence-electron chi connectivity index (χ3n) is 5.53. The van der Waals surface area contributed by atoms with Crippen LogP contribution in [0.3, 0.4) is 0 Å². The van der Waals surface area contributed by atoms with Crippen LogP contribution in [0.2, 0.25) is 0 Å². The van der Waals surface area contributed by atoms with Gasteiger partial charge in [0.2, 0.25) is 5.91 Å². The number of ketones is 2. The largest absolute Gasteiger partial charge is 0.352 e. The van der Waals surface area contributed by atoms with Crippen molar-refractivity contribution in [2.75, 3.05) is 0 Å². The van der Waals surface area contributed by atoms with Crippen molar-refractivity contribution in [3.05, 3.63) is 69.8 Å². The zero-order chi connectivity index (χ0) is 20.4. The average Bonchev–Trinajstić information content (AvgIpc) is 2.88. The van der Waals surface area contributed by atoms with Gasteiger partial charge >= 0.3 is 0 Å². The summed E-state index contributed by atoms with van der Waals surface area (Å²) in [5.41, 5.74) is 6.05. The molecular weight excluding hydrogens is 350 g/mol. The molecule has 2 aromatic rings. The minimum atomic E-state index is -0.726. The quantitative estimate of drug-likeness (QED) is 0.805. The van der Waals surface area contributed by atoms with E-state index in [4.69, 9.17) is 0 Å². The Morgan fingerprint density at radius 2 is 1.57 bits per heavy atom. The van der Waals surface area contributed by atoms with Gasteiger partial charge in [0.25, 0.3) is 0 Å². The maximum Gasteiger partial charge on any atom is 0.221 e. The van der Waals surface area contributed by atoms with Crippen LogP contribution in [0.25, 0.3) is 0 Å². The smallest absolute Gasteiger partial charge is 0.221 e. The first-order valence-electron chi connectivity index (χ1n) is 9.72. The molecule has 0 aromatic heterocycles. The van der Waals surface area contributed by atoms with Gasteiger partial charge in [0, 0.05) is 25.3 Å². The van der Waals surface area contributed by atoms with E-state index in [0.717, 1.165) is 33.4 Å². The fourth-order valence-corrected chi connectivity index (χ4v) is 4.18. The van der Waals surface area contributed by atoms with Gasteiger partial charge in [-0.05, 0) is 49.9 Å². The van der Waals surface area contributed by atoms with E-state index in [1.807, 2.05) is 64.1 Å². The summed E-state index contributed by atoms with van der Waals surface area (Å²) < 4.78 is 0. The number of benzene rings is 2. The Labute approximate surface area is 166 Å². The van der Waals surface area contributed by atoms with Crippen molar-refractivity contribution in [2.24, 2.45) is 5.92 Å². The van der Waals surface area contributed by atoms with E-state index in [0.29, 0.717) is 6.54 Å². The lowest BCUT2D eigenvalue weighted by atomic mass is 9.86. The summed E-state index contributed by atoms with van der Waals surface area (Å²) in [7, 11) is 0. The minimum Gasteiger partial charge on any atom is -0.352 e. The van der Waals surface area contributed by atoms with Gasteiger partial charge in [-0.15, -0.1) is 0 Å². The summed E-state index contributed by atoms with van der Waals surface area (Å²) in [5.74, 6) is -1.64. The SMILES string of the molecule is Cc1ccc(CNC(=O)CC2CC(=O)C(c3c(C)cc(C)cc3C)C2=O)cc1.